The average molecular weight is 312 g/mol. The molecule has 0 aromatic heterocycles. The van der Waals surface area contributed by atoms with E-state index in [4.69, 9.17) is 0 Å². The Morgan fingerprint density at radius 1 is 1.38 bits per heavy atom. The summed E-state index contributed by atoms with van der Waals surface area (Å²) in [4.78, 5) is 20.6. The molecule has 0 aliphatic heterocycles. The minimum atomic E-state index is -3.97. The molecule has 0 bridgehead atoms. The van der Waals surface area contributed by atoms with Crippen LogP contribution in [0.5, 0.6) is 0 Å². The summed E-state index contributed by atoms with van der Waals surface area (Å²) in [6.45, 7) is 1.85. The van der Waals surface area contributed by atoms with Gasteiger partial charge in [0.25, 0.3) is 15.7 Å². The maximum Gasteiger partial charge on any atom is 0.330 e. The van der Waals surface area contributed by atoms with Crippen LogP contribution in [0.1, 0.15) is 6.92 Å². The molecule has 0 aliphatic carbocycles. The molecule has 0 saturated carbocycles. The molecule has 0 fully saturated rings. The summed E-state index contributed by atoms with van der Waals surface area (Å²) in [5.74, 6) is -0.614. The number of nitro groups is 1. The number of nitro benzene ring substituents is 1. The number of ether oxygens (including phenoxy) is 1. The lowest BCUT2D eigenvalue weighted by Crippen LogP contribution is -1.99. The molecule has 1 aromatic carbocycles. The van der Waals surface area contributed by atoms with E-state index in [1.54, 1.807) is 6.92 Å². The summed E-state index contributed by atoms with van der Waals surface area (Å²) in [5.41, 5.74) is -0.222. The van der Waals surface area contributed by atoms with Gasteiger partial charge in [-0.2, -0.15) is 12.8 Å². The first kappa shape index (κ1) is 16.5. The Morgan fingerprint density at radius 2 is 2.00 bits per heavy atom. The summed E-state index contributed by atoms with van der Waals surface area (Å²) in [7, 11) is -3.97. The lowest BCUT2D eigenvalue weighted by atomic mass is 10.3. The van der Waals surface area contributed by atoms with E-state index >= 15 is 0 Å². The maximum absolute atomic E-state index is 11.8. The molecule has 1 aromatic rings. The van der Waals surface area contributed by atoms with Crippen LogP contribution in [0.3, 0.4) is 0 Å². The number of carbonyl (C=O) groups excluding carboxylic acids is 1. The van der Waals surface area contributed by atoms with Gasteiger partial charge in [-0.15, -0.1) is 0 Å². The molecule has 21 heavy (non-hydrogen) atoms. The van der Waals surface area contributed by atoms with Crippen LogP contribution in [0, 0.1) is 10.1 Å². The van der Waals surface area contributed by atoms with Crippen LogP contribution < -0.4 is 0 Å². The largest absolute Gasteiger partial charge is 0.463 e. The second-order valence-electron chi connectivity index (χ2n) is 3.59. The Morgan fingerprint density at radius 3 is 2.52 bits per heavy atom. The van der Waals surface area contributed by atoms with E-state index in [1.165, 1.54) is 0 Å². The van der Waals surface area contributed by atoms with Gasteiger partial charge in [0.1, 0.15) is 0 Å². The van der Waals surface area contributed by atoms with Gasteiger partial charge >= 0.3 is 5.97 Å². The third-order valence-electron chi connectivity index (χ3n) is 2.15. The molecule has 0 atom stereocenters. The molecule has 0 radical (unpaired) electrons. The van der Waals surface area contributed by atoms with Gasteiger partial charge in [0.15, 0.2) is 0 Å². The normalized spacial score (nSPS) is 11.9. The SMILES string of the molecule is CCOC(=O)/C=C/C=N/S(=O)(=O)c1ccc([N+](=O)[O-])cc1. The van der Waals surface area contributed by atoms with Crippen molar-refractivity contribution in [3.8, 4) is 0 Å². The van der Waals surface area contributed by atoms with Crippen molar-refractivity contribution in [3.05, 3.63) is 46.5 Å². The lowest BCUT2D eigenvalue weighted by Gasteiger charge is -1.97. The molecule has 0 N–H and O–H groups in total. The molecule has 0 amide bonds. The van der Waals surface area contributed by atoms with Gasteiger partial charge in [0.05, 0.1) is 16.4 Å². The highest BCUT2D eigenvalue weighted by Gasteiger charge is 2.13. The highest BCUT2D eigenvalue weighted by Crippen LogP contribution is 2.17. The van der Waals surface area contributed by atoms with E-state index in [0.717, 1.165) is 42.6 Å². The van der Waals surface area contributed by atoms with Gasteiger partial charge in [0, 0.05) is 24.4 Å². The van der Waals surface area contributed by atoms with E-state index in [0.29, 0.717) is 0 Å². The fraction of sp³-hybridized carbons (Fsp3) is 0.167. The van der Waals surface area contributed by atoms with Crippen molar-refractivity contribution < 1.29 is 22.9 Å². The third-order valence-corrected chi connectivity index (χ3v) is 3.42. The Hall–Kier alpha value is -2.55. The highest BCUT2D eigenvalue weighted by molar-refractivity contribution is 7.90. The second kappa shape index (κ2) is 7.29. The smallest absolute Gasteiger partial charge is 0.330 e. The predicted molar refractivity (Wildman–Crippen MR) is 74.5 cm³/mol. The molecule has 0 aliphatic rings. The van der Waals surface area contributed by atoms with E-state index < -0.39 is 20.9 Å². The molecule has 1 rings (SSSR count). The zero-order chi connectivity index (χ0) is 15.9. The van der Waals surface area contributed by atoms with Crippen LogP contribution in [-0.4, -0.2) is 32.1 Å². The summed E-state index contributed by atoms with van der Waals surface area (Å²) >= 11 is 0. The number of non-ortho nitro benzene ring substituents is 1. The zero-order valence-electron chi connectivity index (χ0n) is 11.0. The minimum Gasteiger partial charge on any atom is -0.463 e. The Kier molecular flexibility index (Phi) is 5.73. The number of sulfonamides is 1. The molecule has 0 heterocycles. The van der Waals surface area contributed by atoms with E-state index in [9.17, 15) is 23.3 Å². The summed E-state index contributed by atoms with van der Waals surface area (Å²) < 4.78 is 31.4. The van der Waals surface area contributed by atoms with Gasteiger partial charge in [-0.1, -0.05) is 0 Å². The molecular formula is C12H12N2O6S. The van der Waals surface area contributed by atoms with E-state index in [2.05, 4.69) is 9.13 Å². The number of hydrogen-bond acceptors (Lipinski definition) is 6. The van der Waals surface area contributed by atoms with Crippen LogP contribution in [0.4, 0.5) is 5.69 Å². The van der Waals surface area contributed by atoms with Crippen LogP contribution in [-0.2, 0) is 19.6 Å². The van der Waals surface area contributed by atoms with Gasteiger partial charge in [-0.3, -0.25) is 10.1 Å². The minimum absolute atomic E-state index is 0.186. The first-order chi connectivity index (χ1) is 9.86. The molecule has 0 spiro atoms. The fourth-order valence-corrected chi connectivity index (χ4v) is 2.06. The van der Waals surface area contributed by atoms with Crippen LogP contribution >= 0.6 is 0 Å². The summed E-state index contributed by atoms with van der Waals surface area (Å²) in [6, 6.07) is 4.30. The van der Waals surface area contributed by atoms with Gasteiger partial charge in [0.2, 0.25) is 0 Å². The topological polar surface area (TPSA) is 116 Å². The van der Waals surface area contributed by atoms with Crippen LogP contribution in [0.2, 0.25) is 0 Å². The summed E-state index contributed by atoms with van der Waals surface area (Å²) in [5, 5.41) is 10.5. The number of rotatable bonds is 6. The fourth-order valence-electron chi connectivity index (χ4n) is 1.23. The molecule has 8 nitrogen and oxygen atoms in total. The second-order valence-corrected chi connectivity index (χ2v) is 5.22. The number of esters is 1. The predicted octanol–water partition coefficient (Wildman–Crippen LogP) is 1.47. The molecule has 0 unspecified atom stereocenters. The number of hydrogen-bond donors (Lipinski definition) is 0. The molecule has 0 saturated heterocycles. The van der Waals surface area contributed by atoms with Gasteiger partial charge in [-0.25, -0.2) is 4.79 Å². The Labute approximate surface area is 121 Å². The van der Waals surface area contributed by atoms with Crippen molar-refractivity contribution in [1.29, 1.82) is 0 Å². The van der Waals surface area contributed by atoms with Crippen molar-refractivity contribution in [2.24, 2.45) is 4.40 Å². The average Bonchev–Trinajstić information content (AvgIpc) is 2.44. The third kappa shape index (κ3) is 5.15. The van der Waals surface area contributed by atoms with Gasteiger partial charge in [-0.05, 0) is 25.1 Å². The van der Waals surface area contributed by atoms with Crippen LogP contribution in [0.15, 0.2) is 45.7 Å². The first-order valence-electron chi connectivity index (χ1n) is 5.75. The number of carbonyl (C=O) groups is 1. The van der Waals surface area contributed by atoms with Crippen molar-refractivity contribution in [2.45, 2.75) is 11.8 Å². The highest BCUT2D eigenvalue weighted by atomic mass is 32.2. The van der Waals surface area contributed by atoms with E-state index in [1.807, 2.05) is 0 Å². The zero-order valence-corrected chi connectivity index (χ0v) is 11.8. The van der Waals surface area contributed by atoms with Gasteiger partial charge < -0.3 is 4.74 Å². The van der Waals surface area contributed by atoms with Crippen LogP contribution in [0.25, 0.3) is 0 Å². The monoisotopic (exact) mass is 312 g/mol. The summed E-state index contributed by atoms with van der Waals surface area (Å²) in [6.07, 6.45) is 3.08. The maximum atomic E-state index is 11.8. The van der Waals surface area contributed by atoms with Crippen molar-refractivity contribution in [3.63, 3.8) is 0 Å². The van der Waals surface area contributed by atoms with Crippen molar-refractivity contribution in [2.75, 3.05) is 6.61 Å². The first-order valence-corrected chi connectivity index (χ1v) is 7.19. The number of nitrogens with zero attached hydrogens (tertiary/aromatic N) is 2. The molecule has 112 valence electrons. The number of allylic oxidation sites excluding steroid dienone is 1. The Balaban J connectivity index is 2.82. The number of benzene rings is 1. The van der Waals surface area contributed by atoms with Crippen molar-refractivity contribution in [1.82, 2.24) is 0 Å². The van der Waals surface area contributed by atoms with E-state index in [-0.39, 0.29) is 17.2 Å². The lowest BCUT2D eigenvalue weighted by molar-refractivity contribution is -0.384. The Bertz CT molecular complexity index is 676. The molecular weight excluding hydrogens is 300 g/mol. The van der Waals surface area contributed by atoms with Crippen molar-refractivity contribution >= 4 is 27.9 Å². The standard InChI is InChI=1S/C12H12N2O6S/c1-2-20-12(15)4-3-9-13-21(18,19)11-7-5-10(6-8-11)14(16)17/h3-9H,2H2,1H3/b4-3+,13-9+. The quantitative estimate of drug-likeness (QED) is 0.258. The molecule has 9 heteroatoms.